The smallest absolute Gasteiger partial charge is 0.225 e. The molecule has 0 unspecified atom stereocenters. The van der Waals surface area contributed by atoms with Crippen molar-refractivity contribution in [3.05, 3.63) is 42.4 Å². The van der Waals surface area contributed by atoms with Crippen LogP contribution in [0.3, 0.4) is 0 Å². The van der Waals surface area contributed by atoms with Gasteiger partial charge in [0.25, 0.3) is 0 Å². The Morgan fingerprint density at radius 1 is 1.12 bits per heavy atom. The molecule has 0 radical (unpaired) electrons. The van der Waals surface area contributed by atoms with Gasteiger partial charge in [0.05, 0.1) is 6.61 Å². The van der Waals surface area contributed by atoms with E-state index in [1.807, 2.05) is 18.2 Å². The molecular formula is C18H24N6O2. The van der Waals surface area contributed by atoms with Crippen molar-refractivity contribution in [2.24, 2.45) is 0 Å². The van der Waals surface area contributed by atoms with Crippen LogP contribution in [0.4, 0.5) is 11.8 Å². The van der Waals surface area contributed by atoms with Crippen LogP contribution in [0.5, 0.6) is 0 Å². The number of amides is 1. The van der Waals surface area contributed by atoms with E-state index in [1.54, 1.807) is 25.7 Å². The summed E-state index contributed by atoms with van der Waals surface area (Å²) in [4.78, 5) is 29.2. The van der Waals surface area contributed by atoms with Crippen molar-refractivity contribution in [3.63, 3.8) is 0 Å². The molecule has 0 spiro atoms. The average molecular weight is 356 g/mol. The number of nitrogens with zero attached hydrogens (tertiary/aromatic N) is 5. The van der Waals surface area contributed by atoms with E-state index in [1.165, 1.54) is 0 Å². The van der Waals surface area contributed by atoms with Crippen LogP contribution in [0.2, 0.25) is 0 Å². The van der Waals surface area contributed by atoms with Crippen molar-refractivity contribution in [3.8, 4) is 0 Å². The van der Waals surface area contributed by atoms with Gasteiger partial charge in [-0.25, -0.2) is 15.0 Å². The molecule has 1 aliphatic rings. The Bertz CT molecular complexity index is 704. The predicted molar refractivity (Wildman–Crippen MR) is 99.0 cm³/mol. The zero-order valence-electron chi connectivity index (χ0n) is 15.0. The van der Waals surface area contributed by atoms with Gasteiger partial charge >= 0.3 is 0 Å². The number of carbonyl (C=O) groups excluding carboxylic acids is 1. The Labute approximate surface area is 153 Å². The highest BCUT2D eigenvalue weighted by atomic mass is 16.5. The number of rotatable bonds is 7. The lowest BCUT2D eigenvalue weighted by atomic mass is 10.2. The topological polar surface area (TPSA) is 83.5 Å². The van der Waals surface area contributed by atoms with Gasteiger partial charge < -0.3 is 19.9 Å². The second-order valence-corrected chi connectivity index (χ2v) is 6.06. The first-order valence-corrected chi connectivity index (χ1v) is 8.74. The van der Waals surface area contributed by atoms with Crippen molar-refractivity contribution >= 4 is 17.7 Å². The van der Waals surface area contributed by atoms with Gasteiger partial charge in [-0.3, -0.25) is 4.79 Å². The highest BCUT2D eigenvalue weighted by molar-refractivity contribution is 5.75. The summed E-state index contributed by atoms with van der Waals surface area (Å²) < 4.78 is 4.91. The number of nitrogens with one attached hydrogen (secondary N) is 1. The number of pyridine rings is 1. The van der Waals surface area contributed by atoms with E-state index in [4.69, 9.17) is 4.74 Å². The van der Waals surface area contributed by atoms with Gasteiger partial charge in [-0.2, -0.15) is 0 Å². The summed E-state index contributed by atoms with van der Waals surface area (Å²) in [5.74, 6) is 1.69. The Morgan fingerprint density at radius 2 is 1.85 bits per heavy atom. The Morgan fingerprint density at radius 3 is 2.58 bits per heavy atom. The minimum atomic E-state index is -0.0123. The number of ether oxygens (including phenoxy) is 1. The molecule has 3 heterocycles. The highest BCUT2D eigenvalue weighted by Gasteiger charge is 2.19. The maximum atomic E-state index is 11.7. The van der Waals surface area contributed by atoms with Crippen LogP contribution >= 0.6 is 0 Å². The maximum Gasteiger partial charge on any atom is 0.225 e. The highest BCUT2D eigenvalue weighted by Crippen LogP contribution is 2.17. The molecule has 1 saturated heterocycles. The summed E-state index contributed by atoms with van der Waals surface area (Å²) in [5, 5.41) is 2.90. The fourth-order valence-electron chi connectivity index (χ4n) is 2.82. The van der Waals surface area contributed by atoms with Gasteiger partial charge in [-0.05, 0) is 23.8 Å². The quantitative estimate of drug-likeness (QED) is 0.787. The normalized spacial score (nSPS) is 14.3. The van der Waals surface area contributed by atoms with E-state index in [-0.39, 0.29) is 5.91 Å². The third kappa shape index (κ3) is 4.89. The van der Waals surface area contributed by atoms with Crippen LogP contribution in [0, 0.1) is 0 Å². The number of carbonyl (C=O) groups is 1. The minimum absolute atomic E-state index is 0.0123. The molecule has 2 aromatic rings. The average Bonchev–Trinajstić information content (AvgIpc) is 2.72. The van der Waals surface area contributed by atoms with E-state index >= 15 is 0 Å². The summed E-state index contributed by atoms with van der Waals surface area (Å²) >= 11 is 0. The van der Waals surface area contributed by atoms with Gasteiger partial charge in [-0.1, -0.05) is 0 Å². The van der Waals surface area contributed by atoms with Crippen LogP contribution in [0.25, 0.3) is 0 Å². The molecule has 1 fully saturated rings. The molecule has 26 heavy (non-hydrogen) atoms. The number of hydrogen-bond acceptors (Lipinski definition) is 7. The van der Waals surface area contributed by atoms with Crippen LogP contribution in [0.1, 0.15) is 12.0 Å². The zero-order valence-corrected chi connectivity index (χ0v) is 15.0. The molecule has 1 aliphatic heterocycles. The first-order valence-electron chi connectivity index (χ1n) is 8.74. The van der Waals surface area contributed by atoms with E-state index in [0.29, 0.717) is 19.6 Å². The molecule has 1 N–H and O–H groups in total. The molecule has 8 heteroatoms. The minimum Gasteiger partial charge on any atom is -0.384 e. The molecule has 8 nitrogen and oxygen atoms in total. The van der Waals surface area contributed by atoms with Crippen molar-refractivity contribution in [1.29, 1.82) is 0 Å². The maximum absolute atomic E-state index is 11.7. The number of piperazine rings is 1. The van der Waals surface area contributed by atoms with Gasteiger partial charge in [0.1, 0.15) is 5.82 Å². The zero-order chi connectivity index (χ0) is 18.2. The molecule has 2 aromatic heterocycles. The van der Waals surface area contributed by atoms with Gasteiger partial charge in [-0.15, -0.1) is 0 Å². The Kier molecular flexibility index (Phi) is 6.32. The molecular weight excluding hydrogens is 332 g/mol. The summed E-state index contributed by atoms with van der Waals surface area (Å²) in [6.45, 7) is 4.34. The van der Waals surface area contributed by atoms with Gasteiger partial charge in [0, 0.05) is 64.8 Å². The van der Waals surface area contributed by atoms with Crippen molar-refractivity contribution in [1.82, 2.24) is 20.3 Å². The molecule has 3 rings (SSSR count). The predicted octanol–water partition coefficient (Wildman–Crippen LogP) is 0.851. The molecule has 0 aromatic carbocycles. The molecule has 0 saturated carbocycles. The SMILES string of the molecule is COCCC(=O)NCc1ccnc(N2CCN(c3ncccn3)CC2)c1. The molecule has 0 atom stereocenters. The summed E-state index contributed by atoms with van der Waals surface area (Å²) in [6, 6.07) is 5.78. The van der Waals surface area contributed by atoms with Crippen molar-refractivity contribution in [2.75, 3.05) is 49.7 Å². The van der Waals surface area contributed by atoms with E-state index in [9.17, 15) is 4.79 Å². The third-order valence-corrected chi connectivity index (χ3v) is 4.27. The van der Waals surface area contributed by atoms with Gasteiger partial charge in [0.15, 0.2) is 0 Å². The molecule has 1 amide bonds. The van der Waals surface area contributed by atoms with Crippen molar-refractivity contribution < 1.29 is 9.53 Å². The molecule has 138 valence electrons. The van der Waals surface area contributed by atoms with Crippen molar-refractivity contribution in [2.45, 2.75) is 13.0 Å². The summed E-state index contributed by atoms with van der Waals surface area (Å²) in [7, 11) is 1.59. The van der Waals surface area contributed by atoms with Gasteiger partial charge in [0.2, 0.25) is 11.9 Å². The Hall–Kier alpha value is -2.74. The van der Waals surface area contributed by atoms with E-state index in [2.05, 4.69) is 30.1 Å². The molecule has 0 bridgehead atoms. The second-order valence-electron chi connectivity index (χ2n) is 6.06. The monoisotopic (exact) mass is 356 g/mol. The number of methoxy groups -OCH3 is 1. The second kappa shape index (κ2) is 9.10. The van der Waals surface area contributed by atoms with E-state index < -0.39 is 0 Å². The summed E-state index contributed by atoms with van der Waals surface area (Å²) in [5.41, 5.74) is 1.04. The van der Waals surface area contributed by atoms with Crippen LogP contribution in [-0.2, 0) is 16.1 Å². The van der Waals surface area contributed by atoms with Crippen LogP contribution in [-0.4, -0.2) is 60.8 Å². The lowest BCUT2D eigenvalue weighted by molar-refractivity contribution is -0.122. The first kappa shape index (κ1) is 18.1. The fraction of sp³-hybridized carbons (Fsp3) is 0.444. The number of anilines is 2. The fourth-order valence-corrected chi connectivity index (χ4v) is 2.82. The number of aromatic nitrogens is 3. The standard InChI is InChI=1S/C18H24N6O2/c1-26-12-4-17(25)22-14-15-3-7-19-16(13-15)23-8-10-24(11-9-23)18-20-5-2-6-21-18/h2-3,5-7,13H,4,8-12,14H2,1H3,(H,22,25). The summed E-state index contributed by atoms with van der Waals surface area (Å²) in [6.07, 6.45) is 5.69. The Balaban J connectivity index is 1.53. The lowest BCUT2D eigenvalue weighted by Crippen LogP contribution is -2.47. The lowest BCUT2D eigenvalue weighted by Gasteiger charge is -2.35. The van der Waals surface area contributed by atoms with Crippen LogP contribution < -0.4 is 15.1 Å². The third-order valence-electron chi connectivity index (χ3n) is 4.27. The molecule has 0 aliphatic carbocycles. The van der Waals surface area contributed by atoms with Crippen LogP contribution in [0.15, 0.2) is 36.8 Å². The van der Waals surface area contributed by atoms with E-state index in [0.717, 1.165) is 43.5 Å². The number of hydrogen-bond donors (Lipinski definition) is 1. The first-order chi connectivity index (χ1) is 12.8. The largest absolute Gasteiger partial charge is 0.384 e.